The van der Waals surface area contributed by atoms with Gasteiger partial charge >= 0.3 is 5.97 Å². The molecule has 4 rings (SSSR count). The van der Waals surface area contributed by atoms with E-state index in [0.717, 1.165) is 60.2 Å². The van der Waals surface area contributed by atoms with Crippen LogP contribution in [-0.4, -0.2) is 18.5 Å². The smallest absolute Gasteiger partial charge is 0.354 e. The maximum Gasteiger partial charge on any atom is 0.354 e. The molecule has 0 radical (unpaired) electrons. The number of hydrogen-bond acceptors (Lipinski definition) is 4. The van der Waals surface area contributed by atoms with Gasteiger partial charge in [0.15, 0.2) is 0 Å². The van der Waals surface area contributed by atoms with Gasteiger partial charge < -0.3 is 15.4 Å². The number of anilines is 1. The Morgan fingerprint density at radius 1 is 1.12 bits per heavy atom. The first-order valence-corrected chi connectivity index (χ1v) is 11.2. The predicted octanol–water partition coefficient (Wildman–Crippen LogP) is 5.42. The van der Waals surface area contributed by atoms with Crippen molar-refractivity contribution in [2.24, 2.45) is 0 Å². The van der Waals surface area contributed by atoms with Crippen LogP contribution in [0.2, 0.25) is 0 Å². The van der Waals surface area contributed by atoms with Crippen molar-refractivity contribution in [3.05, 3.63) is 89.3 Å². The molecule has 3 aliphatic rings. The lowest BCUT2D eigenvalue weighted by molar-refractivity contribution is -0.138. The van der Waals surface area contributed by atoms with Crippen molar-refractivity contribution in [2.45, 2.75) is 39.0 Å². The number of benzene rings is 1. The number of fused-ring (bicyclic) bond motifs is 1. The summed E-state index contributed by atoms with van der Waals surface area (Å²) in [5.74, 6) is -0.523. The lowest BCUT2D eigenvalue weighted by Crippen LogP contribution is -2.22. The van der Waals surface area contributed by atoms with E-state index in [1.165, 1.54) is 0 Å². The van der Waals surface area contributed by atoms with Gasteiger partial charge in [-0.3, -0.25) is 4.79 Å². The molecule has 0 fully saturated rings. The van der Waals surface area contributed by atoms with Gasteiger partial charge in [-0.05, 0) is 62.3 Å². The fourth-order valence-corrected chi connectivity index (χ4v) is 3.93. The topological polar surface area (TPSA) is 67.4 Å². The second kappa shape index (κ2) is 10.1. The van der Waals surface area contributed by atoms with Crippen molar-refractivity contribution in [2.75, 3.05) is 11.9 Å². The van der Waals surface area contributed by atoms with Crippen molar-refractivity contribution in [3.63, 3.8) is 0 Å². The Morgan fingerprint density at radius 2 is 1.97 bits per heavy atom. The maximum atomic E-state index is 12.8. The summed E-state index contributed by atoms with van der Waals surface area (Å²) in [5, 5.41) is 6.18. The van der Waals surface area contributed by atoms with Crippen LogP contribution < -0.4 is 10.6 Å². The summed E-state index contributed by atoms with van der Waals surface area (Å²) in [6.45, 7) is 2.11. The number of hydrogen-bond donors (Lipinski definition) is 2. The third-order valence-electron chi connectivity index (χ3n) is 5.56. The first-order chi connectivity index (χ1) is 15.7. The average molecular weight is 429 g/mol. The van der Waals surface area contributed by atoms with Gasteiger partial charge in [-0.2, -0.15) is 0 Å². The normalized spacial score (nSPS) is 22.6. The predicted molar refractivity (Wildman–Crippen MR) is 128 cm³/mol. The lowest BCUT2D eigenvalue weighted by atomic mass is 9.99. The fraction of sp³-hybridized carbons (Fsp3) is 0.259. The molecular formula is C27H28N2O3. The minimum atomic E-state index is -0.376. The minimum absolute atomic E-state index is 0.147. The van der Waals surface area contributed by atoms with E-state index in [-0.39, 0.29) is 11.9 Å². The van der Waals surface area contributed by atoms with Crippen LogP contribution in [0.25, 0.3) is 11.1 Å². The summed E-state index contributed by atoms with van der Waals surface area (Å²) in [5.41, 5.74) is 5.55. The van der Waals surface area contributed by atoms with Gasteiger partial charge in [0.05, 0.1) is 12.2 Å². The average Bonchev–Trinajstić information content (AvgIpc) is 2.93. The summed E-state index contributed by atoms with van der Waals surface area (Å²) < 4.78 is 5.18. The van der Waals surface area contributed by atoms with Crippen molar-refractivity contribution in [3.8, 4) is 0 Å². The Hall–Kier alpha value is -3.60. The van der Waals surface area contributed by atoms with Gasteiger partial charge in [-0.1, -0.05) is 54.7 Å². The molecule has 32 heavy (non-hydrogen) atoms. The molecule has 1 aromatic rings. The molecule has 0 spiro atoms. The summed E-state index contributed by atoms with van der Waals surface area (Å²) in [4.78, 5) is 25.1. The summed E-state index contributed by atoms with van der Waals surface area (Å²) in [6, 6.07) is 6.03. The summed E-state index contributed by atoms with van der Waals surface area (Å²) >= 11 is 0. The van der Waals surface area contributed by atoms with Gasteiger partial charge in [0.25, 0.3) is 5.91 Å². The van der Waals surface area contributed by atoms with Gasteiger partial charge in [-0.25, -0.2) is 4.79 Å². The summed E-state index contributed by atoms with van der Waals surface area (Å²) in [6.07, 6.45) is 20.8. The molecule has 0 unspecified atom stereocenters. The highest BCUT2D eigenvalue weighted by Gasteiger charge is 2.25. The Bertz CT molecular complexity index is 1100. The van der Waals surface area contributed by atoms with Crippen molar-refractivity contribution < 1.29 is 14.3 Å². The zero-order valence-electron chi connectivity index (χ0n) is 18.3. The van der Waals surface area contributed by atoms with E-state index >= 15 is 0 Å². The highest BCUT2D eigenvalue weighted by Crippen LogP contribution is 2.35. The highest BCUT2D eigenvalue weighted by atomic mass is 16.5. The van der Waals surface area contributed by atoms with E-state index in [0.29, 0.717) is 17.9 Å². The molecule has 0 saturated heterocycles. The van der Waals surface area contributed by atoms with Gasteiger partial charge in [-0.15, -0.1) is 0 Å². The van der Waals surface area contributed by atoms with Crippen LogP contribution >= 0.6 is 0 Å². The number of rotatable bonds is 4. The third-order valence-corrected chi connectivity index (χ3v) is 5.56. The van der Waals surface area contributed by atoms with Gasteiger partial charge in [0.1, 0.15) is 5.70 Å². The van der Waals surface area contributed by atoms with Crippen LogP contribution in [0.5, 0.6) is 0 Å². The van der Waals surface area contributed by atoms with Crippen LogP contribution in [0.4, 0.5) is 5.69 Å². The molecule has 2 N–H and O–H groups in total. The monoisotopic (exact) mass is 428 g/mol. The molecule has 2 aliphatic heterocycles. The Morgan fingerprint density at radius 3 is 2.81 bits per heavy atom. The van der Waals surface area contributed by atoms with E-state index in [4.69, 9.17) is 4.74 Å². The second-order valence-electron chi connectivity index (χ2n) is 7.87. The number of amides is 1. The Labute approximate surface area is 188 Å². The molecular weight excluding hydrogens is 400 g/mol. The van der Waals surface area contributed by atoms with Crippen molar-refractivity contribution in [1.82, 2.24) is 5.32 Å². The molecule has 1 aliphatic carbocycles. The van der Waals surface area contributed by atoms with Crippen LogP contribution in [0, 0.1) is 0 Å². The van der Waals surface area contributed by atoms with E-state index in [1.54, 1.807) is 6.92 Å². The third kappa shape index (κ3) is 4.99. The Kier molecular flexibility index (Phi) is 6.85. The van der Waals surface area contributed by atoms with Crippen LogP contribution in [0.1, 0.15) is 50.2 Å². The standard InChI is InChI=1S/C27H28N2O3/c1-2-32-27(31)24-14-10-6-5-9-13-21(28-24)18-23-22-16-15-20(17-25(22)29-26(23)30)19-11-7-3-4-8-12-19/h3,7-8,11-18,28H,2,4-6,9-10H2,1H3,(H,29,30)/b21-13+,23-18-,24-14+. The molecule has 0 aromatic heterocycles. The number of allylic oxidation sites excluding steroid dienone is 9. The van der Waals surface area contributed by atoms with Crippen LogP contribution in [-0.2, 0) is 14.3 Å². The van der Waals surface area contributed by atoms with Crippen LogP contribution in [0.3, 0.4) is 0 Å². The zero-order chi connectivity index (χ0) is 22.3. The lowest BCUT2D eigenvalue weighted by Gasteiger charge is -2.11. The fourth-order valence-electron chi connectivity index (χ4n) is 3.93. The SMILES string of the molecule is CCOC(=O)/C1=C\CCCC/C=C(\C=C2/C(=O)Nc3cc(C4=CC=CCC=C4)ccc32)N1. The molecule has 5 nitrogen and oxygen atoms in total. The van der Waals surface area contributed by atoms with E-state index in [9.17, 15) is 9.59 Å². The van der Waals surface area contributed by atoms with Crippen molar-refractivity contribution in [1.29, 1.82) is 0 Å². The first-order valence-electron chi connectivity index (χ1n) is 11.2. The molecule has 0 atom stereocenters. The van der Waals surface area contributed by atoms with E-state index in [2.05, 4.69) is 41.0 Å². The van der Waals surface area contributed by atoms with E-state index in [1.807, 2.05) is 36.4 Å². The Balaban J connectivity index is 1.64. The maximum absolute atomic E-state index is 12.8. The number of nitrogens with one attached hydrogen (secondary N) is 2. The van der Waals surface area contributed by atoms with Gasteiger partial charge in [0.2, 0.25) is 0 Å². The second-order valence-corrected chi connectivity index (χ2v) is 7.87. The molecule has 0 bridgehead atoms. The summed E-state index contributed by atoms with van der Waals surface area (Å²) in [7, 11) is 0. The molecule has 164 valence electrons. The molecule has 1 amide bonds. The number of ether oxygens (including phenoxy) is 1. The van der Waals surface area contributed by atoms with Gasteiger partial charge in [0, 0.05) is 16.9 Å². The minimum Gasteiger partial charge on any atom is -0.461 e. The van der Waals surface area contributed by atoms with Crippen LogP contribution in [0.15, 0.2) is 78.2 Å². The largest absolute Gasteiger partial charge is 0.461 e. The van der Waals surface area contributed by atoms with Crippen molar-refractivity contribution >= 4 is 28.7 Å². The van der Waals surface area contributed by atoms with E-state index < -0.39 is 0 Å². The number of carbonyl (C=O) groups excluding carboxylic acids is 2. The molecule has 0 saturated carbocycles. The molecule has 2 heterocycles. The molecule has 1 aromatic carbocycles. The zero-order valence-corrected chi connectivity index (χ0v) is 18.3. The number of carbonyl (C=O) groups is 2. The highest BCUT2D eigenvalue weighted by molar-refractivity contribution is 6.32. The quantitative estimate of drug-likeness (QED) is 0.497. The molecule has 5 heteroatoms. The first kappa shape index (κ1) is 21.6. The number of esters is 1.